The van der Waals surface area contributed by atoms with Gasteiger partial charge in [0.05, 0.1) is 4.34 Å². The molecule has 0 saturated carbocycles. The van der Waals surface area contributed by atoms with E-state index in [9.17, 15) is 9.59 Å². The van der Waals surface area contributed by atoms with E-state index in [0.29, 0.717) is 19.9 Å². The van der Waals surface area contributed by atoms with Gasteiger partial charge in [0.25, 0.3) is 5.91 Å². The van der Waals surface area contributed by atoms with Crippen LogP contribution < -0.4 is 5.32 Å². The van der Waals surface area contributed by atoms with Crippen LogP contribution in [0.5, 0.6) is 0 Å². The molecule has 0 radical (unpaired) electrons. The Balaban J connectivity index is 1.89. The number of benzene rings is 1. The highest BCUT2D eigenvalue weighted by Gasteiger charge is 2.13. The van der Waals surface area contributed by atoms with Crippen molar-refractivity contribution in [1.29, 1.82) is 0 Å². The molecule has 1 aromatic carbocycles. The smallest absolute Gasteiger partial charge is 0.348 e. The van der Waals surface area contributed by atoms with Crippen LogP contribution in [0.1, 0.15) is 15.2 Å². The molecule has 0 saturated heterocycles. The van der Waals surface area contributed by atoms with Crippen LogP contribution in [0, 0.1) is 6.92 Å². The van der Waals surface area contributed by atoms with Crippen LogP contribution in [0.15, 0.2) is 30.3 Å². The second-order valence-corrected chi connectivity index (χ2v) is 6.34. The maximum atomic E-state index is 11.7. The van der Waals surface area contributed by atoms with Gasteiger partial charge in [-0.15, -0.1) is 11.3 Å². The monoisotopic (exact) mass is 343 g/mol. The molecule has 110 valence electrons. The molecule has 1 amide bonds. The SMILES string of the molecule is Cc1cc(Cl)ccc1NC(=O)COC(=O)c1ccc(Cl)s1. The Morgan fingerprint density at radius 1 is 1.24 bits per heavy atom. The maximum Gasteiger partial charge on any atom is 0.348 e. The van der Waals surface area contributed by atoms with Gasteiger partial charge in [-0.1, -0.05) is 23.2 Å². The molecule has 21 heavy (non-hydrogen) atoms. The Hall–Kier alpha value is -1.56. The third-order valence-corrected chi connectivity index (χ3v) is 4.02. The highest BCUT2D eigenvalue weighted by atomic mass is 35.5. The van der Waals surface area contributed by atoms with E-state index in [-0.39, 0.29) is 6.61 Å². The van der Waals surface area contributed by atoms with E-state index >= 15 is 0 Å². The summed E-state index contributed by atoms with van der Waals surface area (Å²) in [6, 6.07) is 8.24. The normalized spacial score (nSPS) is 10.2. The number of amides is 1. The number of ether oxygens (including phenoxy) is 1. The first-order valence-electron chi connectivity index (χ1n) is 5.94. The molecule has 0 fully saturated rings. The standard InChI is InChI=1S/C14H11Cl2NO3S/c1-8-6-9(15)2-3-10(8)17-13(18)7-20-14(19)11-4-5-12(16)21-11/h2-6H,7H2,1H3,(H,17,18). The first-order valence-corrected chi connectivity index (χ1v) is 7.51. The van der Waals surface area contributed by atoms with Crippen molar-refractivity contribution in [2.75, 3.05) is 11.9 Å². The number of aryl methyl sites for hydroxylation is 1. The molecule has 0 atom stereocenters. The van der Waals surface area contributed by atoms with E-state index in [1.165, 1.54) is 0 Å². The Bertz CT molecular complexity index is 685. The molecule has 0 unspecified atom stereocenters. The number of hydrogen-bond donors (Lipinski definition) is 1. The fraction of sp³-hybridized carbons (Fsp3) is 0.143. The molecule has 1 heterocycles. The van der Waals surface area contributed by atoms with E-state index in [2.05, 4.69) is 5.32 Å². The Morgan fingerprint density at radius 2 is 2.00 bits per heavy atom. The van der Waals surface area contributed by atoms with E-state index in [1.54, 1.807) is 30.3 Å². The van der Waals surface area contributed by atoms with Gasteiger partial charge in [0, 0.05) is 10.7 Å². The van der Waals surface area contributed by atoms with Crippen molar-refractivity contribution in [1.82, 2.24) is 0 Å². The number of rotatable bonds is 4. The topological polar surface area (TPSA) is 55.4 Å². The molecule has 1 N–H and O–H groups in total. The van der Waals surface area contributed by atoms with Crippen molar-refractivity contribution in [3.8, 4) is 0 Å². The molecule has 0 spiro atoms. The van der Waals surface area contributed by atoms with Gasteiger partial charge in [0.1, 0.15) is 4.88 Å². The van der Waals surface area contributed by atoms with Crippen molar-refractivity contribution < 1.29 is 14.3 Å². The molecule has 4 nitrogen and oxygen atoms in total. The first kappa shape index (κ1) is 15.8. The van der Waals surface area contributed by atoms with Gasteiger partial charge < -0.3 is 10.1 Å². The summed E-state index contributed by atoms with van der Waals surface area (Å²) < 4.78 is 5.40. The van der Waals surface area contributed by atoms with Gasteiger partial charge in [-0.05, 0) is 42.8 Å². The van der Waals surface area contributed by atoms with Crippen LogP contribution in [-0.4, -0.2) is 18.5 Å². The van der Waals surface area contributed by atoms with Gasteiger partial charge in [0.15, 0.2) is 6.61 Å². The van der Waals surface area contributed by atoms with Crippen molar-refractivity contribution in [3.05, 3.63) is 50.1 Å². The Labute approximate surface area is 135 Å². The highest BCUT2D eigenvalue weighted by Crippen LogP contribution is 2.22. The number of thiophene rings is 1. The molecule has 0 aliphatic rings. The second kappa shape index (κ2) is 6.93. The molecule has 2 aromatic rings. The van der Waals surface area contributed by atoms with Crippen LogP contribution in [0.4, 0.5) is 5.69 Å². The van der Waals surface area contributed by atoms with Gasteiger partial charge in [-0.3, -0.25) is 4.79 Å². The number of halogens is 2. The van der Waals surface area contributed by atoms with Crippen molar-refractivity contribution in [2.24, 2.45) is 0 Å². The molecule has 0 bridgehead atoms. The third kappa shape index (κ3) is 4.46. The first-order chi connectivity index (χ1) is 9.95. The summed E-state index contributed by atoms with van der Waals surface area (Å²) in [4.78, 5) is 23.8. The van der Waals surface area contributed by atoms with Crippen LogP contribution >= 0.6 is 34.5 Å². The zero-order chi connectivity index (χ0) is 15.4. The lowest BCUT2D eigenvalue weighted by atomic mass is 10.2. The van der Waals surface area contributed by atoms with Crippen LogP contribution in [0.3, 0.4) is 0 Å². The summed E-state index contributed by atoms with van der Waals surface area (Å²) >= 11 is 12.7. The quantitative estimate of drug-likeness (QED) is 0.848. The number of nitrogens with one attached hydrogen (secondary N) is 1. The zero-order valence-corrected chi connectivity index (χ0v) is 13.3. The van der Waals surface area contributed by atoms with Gasteiger partial charge in [0.2, 0.25) is 0 Å². The molecule has 0 aliphatic heterocycles. The number of carbonyl (C=O) groups is 2. The number of anilines is 1. The summed E-state index contributed by atoms with van der Waals surface area (Å²) in [5.74, 6) is -0.994. The Morgan fingerprint density at radius 3 is 2.62 bits per heavy atom. The maximum absolute atomic E-state index is 11.7. The van der Waals surface area contributed by atoms with E-state index < -0.39 is 11.9 Å². The minimum atomic E-state index is -0.574. The fourth-order valence-electron chi connectivity index (χ4n) is 1.58. The average Bonchev–Trinajstić information content (AvgIpc) is 2.86. The van der Waals surface area contributed by atoms with Gasteiger partial charge >= 0.3 is 5.97 Å². The summed E-state index contributed by atoms with van der Waals surface area (Å²) in [6.45, 7) is 1.46. The van der Waals surface area contributed by atoms with Gasteiger partial charge in [-0.25, -0.2) is 4.79 Å². The summed E-state index contributed by atoms with van der Waals surface area (Å²) in [5.41, 5.74) is 1.45. The highest BCUT2D eigenvalue weighted by molar-refractivity contribution is 7.17. The summed E-state index contributed by atoms with van der Waals surface area (Å²) in [6.07, 6.45) is 0. The predicted molar refractivity (Wildman–Crippen MR) is 84.4 cm³/mol. The lowest BCUT2D eigenvalue weighted by Crippen LogP contribution is -2.21. The molecular formula is C14H11Cl2NO3S. The minimum absolute atomic E-state index is 0.357. The van der Waals surface area contributed by atoms with Crippen LogP contribution in [-0.2, 0) is 9.53 Å². The molecule has 2 rings (SSSR count). The Kier molecular flexibility index (Phi) is 5.22. The zero-order valence-electron chi connectivity index (χ0n) is 11.0. The lowest BCUT2D eigenvalue weighted by molar-refractivity contribution is -0.119. The second-order valence-electron chi connectivity index (χ2n) is 4.19. The van der Waals surface area contributed by atoms with E-state index in [0.717, 1.165) is 16.9 Å². The number of carbonyl (C=O) groups excluding carboxylic acids is 2. The van der Waals surface area contributed by atoms with Crippen molar-refractivity contribution in [3.63, 3.8) is 0 Å². The van der Waals surface area contributed by atoms with E-state index in [1.807, 2.05) is 6.92 Å². The third-order valence-electron chi connectivity index (χ3n) is 2.57. The molecule has 7 heteroatoms. The number of hydrogen-bond acceptors (Lipinski definition) is 4. The molecule has 1 aromatic heterocycles. The van der Waals surface area contributed by atoms with Crippen molar-refractivity contribution in [2.45, 2.75) is 6.92 Å². The molecular weight excluding hydrogens is 333 g/mol. The van der Waals surface area contributed by atoms with Crippen LogP contribution in [0.2, 0.25) is 9.36 Å². The van der Waals surface area contributed by atoms with Gasteiger partial charge in [-0.2, -0.15) is 0 Å². The summed E-state index contributed by atoms with van der Waals surface area (Å²) in [7, 11) is 0. The van der Waals surface area contributed by atoms with Crippen LogP contribution in [0.25, 0.3) is 0 Å². The minimum Gasteiger partial charge on any atom is -0.451 e. The fourth-order valence-corrected chi connectivity index (χ4v) is 2.74. The average molecular weight is 344 g/mol. The lowest BCUT2D eigenvalue weighted by Gasteiger charge is -2.08. The van der Waals surface area contributed by atoms with E-state index in [4.69, 9.17) is 27.9 Å². The number of esters is 1. The van der Waals surface area contributed by atoms with Crippen molar-refractivity contribution >= 4 is 52.1 Å². The predicted octanol–water partition coefficient (Wildman–Crippen LogP) is 4.16. The largest absolute Gasteiger partial charge is 0.451 e. The molecule has 0 aliphatic carbocycles. The summed E-state index contributed by atoms with van der Waals surface area (Å²) in [5, 5.41) is 3.24.